The van der Waals surface area contributed by atoms with Gasteiger partial charge in [0.1, 0.15) is 5.75 Å². The molecule has 3 aromatic carbocycles. The second-order valence-corrected chi connectivity index (χ2v) is 8.46. The molecule has 1 aromatic heterocycles. The highest BCUT2D eigenvalue weighted by atomic mass is 32.2. The van der Waals surface area contributed by atoms with E-state index in [2.05, 4.69) is 60.7 Å². The molecule has 0 N–H and O–H groups in total. The van der Waals surface area contributed by atoms with Gasteiger partial charge in [-0.3, -0.25) is 4.79 Å². The molecular formula is C23H21O2S+. The van der Waals surface area contributed by atoms with Crippen LogP contribution in [0.4, 0.5) is 0 Å². The highest BCUT2D eigenvalue weighted by molar-refractivity contribution is 7.50. The summed E-state index contributed by atoms with van der Waals surface area (Å²) in [6.07, 6.45) is 0.786. The third-order valence-electron chi connectivity index (χ3n) is 4.80. The van der Waals surface area contributed by atoms with Crippen molar-refractivity contribution in [1.82, 2.24) is 0 Å². The predicted molar refractivity (Wildman–Crippen MR) is 110 cm³/mol. The zero-order valence-electron chi connectivity index (χ0n) is 14.9. The fourth-order valence-corrected chi connectivity index (χ4v) is 5.51. The van der Waals surface area contributed by atoms with Gasteiger partial charge in [0.05, 0.1) is 5.92 Å². The van der Waals surface area contributed by atoms with Gasteiger partial charge in [0.25, 0.3) is 0 Å². The molecular weight excluding hydrogens is 340 g/mol. The van der Waals surface area contributed by atoms with Crippen LogP contribution in [0.15, 0.2) is 72.8 Å². The molecule has 0 aliphatic carbocycles. The van der Waals surface area contributed by atoms with Gasteiger partial charge in [0.2, 0.25) is 0 Å². The number of thiophene rings is 1. The summed E-state index contributed by atoms with van der Waals surface area (Å²) >= 11 is 0. The van der Waals surface area contributed by atoms with Crippen molar-refractivity contribution < 1.29 is 9.53 Å². The molecule has 2 nitrogen and oxygen atoms in total. The first-order valence-corrected chi connectivity index (χ1v) is 10.2. The minimum absolute atomic E-state index is 0.0786. The molecule has 0 saturated heterocycles. The van der Waals surface area contributed by atoms with Gasteiger partial charge in [-0.1, -0.05) is 38.1 Å². The van der Waals surface area contributed by atoms with Crippen LogP contribution in [0.5, 0.6) is 5.75 Å². The number of fused-ring (bicyclic) bond motifs is 3. The van der Waals surface area contributed by atoms with E-state index in [9.17, 15) is 4.79 Å². The summed E-state index contributed by atoms with van der Waals surface area (Å²) in [5.74, 6) is 0.368. The number of esters is 1. The number of carbonyl (C=O) groups is 1. The topological polar surface area (TPSA) is 26.3 Å². The summed E-state index contributed by atoms with van der Waals surface area (Å²) in [5.41, 5.74) is 0. The van der Waals surface area contributed by atoms with Crippen LogP contribution in [0.3, 0.4) is 0 Å². The molecule has 0 saturated carbocycles. The van der Waals surface area contributed by atoms with Crippen LogP contribution in [0.1, 0.15) is 20.3 Å². The lowest BCUT2D eigenvalue weighted by Crippen LogP contribution is -2.16. The van der Waals surface area contributed by atoms with Gasteiger partial charge in [-0.25, -0.2) is 0 Å². The molecule has 4 rings (SSSR count). The fraction of sp³-hybridized carbons (Fsp3) is 0.174. The van der Waals surface area contributed by atoms with Gasteiger partial charge >= 0.3 is 5.97 Å². The summed E-state index contributed by atoms with van der Waals surface area (Å²) in [5, 5.41) is 2.64. The molecule has 0 amide bonds. The highest BCUT2D eigenvalue weighted by Gasteiger charge is 2.23. The molecule has 0 aliphatic rings. The van der Waals surface area contributed by atoms with Gasteiger partial charge in [-0.2, -0.15) is 0 Å². The van der Waals surface area contributed by atoms with Gasteiger partial charge in [-0.05, 0) is 42.8 Å². The lowest BCUT2D eigenvalue weighted by Gasteiger charge is -2.08. The Hall–Kier alpha value is -2.65. The van der Waals surface area contributed by atoms with Crippen LogP contribution in [0.25, 0.3) is 25.1 Å². The maximum Gasteiger partial charge on any atom is 0.314 e. The van der Waals surface area contributed by atoms with Crippen LogP contribution >= 0.6 is 10.5 Å². The van der Waals surface area contributed by atoms with Crippen molar-refractivity contribution >= 4 is 36.6 Å². The first-order valence-electron chi connectivity index (χ1n) is 8.93. The average Bonchev–Trinajstić information content (AvgIpc) is 3.02. The van der Waals surface area contributed by atoms with E-state index < -0.39 is 0 Å². The Morgan fingerprint density at radius 1 is 0.885 bits per heavy atom. The largest absolute Gasteiger partial charge is 0.426 e. The van der Waals surface area contributed by atoms with Crippen molar-refractivity contribution in [1.29, 1.82) is 0 Å². The van der Waals surface area contributed by atoms with Crippen molar-refractivity contribution in [3.8, 4) is 10.6 Å². The molecule has 1 heterocycles. The van der Waals surface area contributed by atoms with E-state index in [0.29, 0.717) is 5.75 Å². The molecule has 1 unspecified atom stereocenters. The van der Waals surface area contributed by atoms with E-state index >= 15 is 0 Å². The highest BCUT2D eigenvalue weighted by Crippen LogP contribution is 2.48. The van der Waals surface area contributed by atoms with Crippen molar-refractivity contribution in [2.45, 2.75) is 20.3 Å². The standard InChI is InChI=1S/C23H21O2S/c1-3-16(2)23(24)25-17-12-14-18(15-13-17)26-21-10-6-4-8-19(21)20-9-5-7-11-22(20)26/h4-16H,3H2,1-2H3/q+1. The molecule has 0 aliphatic heterocycles. The molecule has 1 atom stereocenters. The molecule has 0 radical (unpaired) electrons. The maximum absolute atomic E-state index is 12.0. The average molecular weight is 361 g/mol. The summed E-state index contributed by atoms with van der Waals surface area (Å²) in [4.78, 5) is 13.2. The summed E-state index contributed by atoms with van der Waals surface area (Å²) < 4.78 is 8.21. The van der Waals surface area contributed by atoms with Crippen LogP contribution < -0.4 is 4.74 Å². The number of ether oxygens (including phenoxy) is 1. The molecule has 4 aromatic rings. The first kappa shape index (κ1) is 16.8. The van der Waals surface area contributed by atoms with Crippen molar-refractivity contribution in [3.05, 3.63) is 72.8 Å². The number of hydrogen-bond donors (Lipinski definition) is 0. The third-order valence-corrected chi connectivity index (χ3v) is 7.13. The Labute approximate surface area is 156 Å². The summed E-state index contributed by atoms with van der Waals surface area (Å²) in [6.45, 7) is 3.88. The number of hydrogen-bond acceptors (Lipinski definition) is 2. The monoisotopic (exact) mass is 361 g/mol. The fourth-order valence-electron chi connectivity index (χ4n) is 3.13. The zero-order valence-corrected chi connectivity index (χ0v) is 15.8. The van der Waals surface area contributed by atoms with E-state index in [1.165, 1.54) is 25.1 Å². The number of carbonyl (C=O) groups excluding carboxylic acids is 1. The van der Waals surface area contributed by atoms with Crippen LogP contribution in [-0.4, -0.2) is 5.97 Å². The quantitative estimate of drug-likeness (QED) is 0.230. The van der Waals surface area contributed by atoms with E-state index in [1.807, 2.05) is 26.0 Å². The Balaban J connectivity index is 1.77. The lowest BCUT2D eigenvalue weighted by atomic mass is 10.1. The minimum Gasteiger partial charge on any atom is -0.426 e. The smallest absolute Gasteiger partial charge is 0.314 e. The summed E-state index contributed by atoms with van der Waals surface area (Å²) in [6, 6.07) is 25.2. The normalized spacial score (nSPS) is 12.4. The third kappa shape index (κ3) is 2.89. The van der Waals surface area contributed by atoms with Crippen molar-refractivity contribution in [2.75, 3.05) is 0 Å². The molecule has 0 fully saturated rings. The van der Waals surface area contributed by atoms with E-state index in [0.717, 1.165) is 6.42 Å². The van der Waals surface area contributed by atoms with Crippen LogP contribution in [-0.2, 0) is 4.79 Å². The molecule has 0 bridgehead atoms. The molecule has 26 heavy (non-hydrogen) atoms. The zero-order chi connectivity index (χ0) is 18.1. The van der Waals surface area contributed by atoms with E-state index in [4.69, 9.17) is 4.74 Å². The lowest BCUT2D eigenvalue weighted by molar-refractivity contribution is -0.138. The maximum atomic E-state index is 12.0. The Kier molecular flexibility index (Phi) is 4.48. The van der Waals surface area contributed by atoms with Gasteiger partial charge in [-0.15, -0.1) is 0 Å². The first-order chi connectivity index (χ1) is 12.7. The Morgan fingerprint density at radius 3 is 1.96 bits per heavy atom. The summed E-state index contributed by atoms with van der Waals surface area (Å²) in [7, 11) is -0.112. The van der Waals surface area contributed by atoms with E-state index in [1.54, 1.807) is 0 Å². The van der Waals surface area contributed by atoms with Gasteiger partial charge in [0, 0.05) is 33.4 Å². The van der Waals surface area contributed by atoms with Crippen LogP contribution in [0, 0.1) is 5.92 Å². The van der Waals surface area contributed by atoms with Gasteiger partial charge < -0.3 is 4.74 Å². The van der Waals surface area contributed by atoms with E-state index in [-0.39, 0.29) is 22.4 Å². The second-order valence-electron chi connectivity index (χ2n) is 6.50. The predicted octanol–water partition coefficient (Wildman–Crippen LogP) is 6.68. The van der Waals surface area contributed by atoms with Crippen molar-refractivity contribution in [3.63, 3.8) is 0 Å². The molecule has 0 spiro atoms. The Morgan fingerprint density at radius 2 is 1.42 bits per heavy atom. The van der Waals surface area contributed by atoms with Crippen LogP contribution in [0.2, 0.25) is 0 Å². The molecule has 3 heteroatoms. The number of rotatable bonds is 4. The van der Waals surface area contributed by atoms with Crippen molar-refractivity contribution in [2.24, 2.45) is 5.92 Å². The SMILES string of the molecule is CCC(C)C(=O)Oc1ccc(-[s+]2c3ccccc3c3ccccc32)cc1. The van der Waals surface area contributed by atoms with Gasteiger partial charge in [0.15, 0.2) is 14.3 Å². The second kappa shape index (κ2) is 6.93. The molecule has 130 valence electrons. The Bertz CT molecular complexity index is 1020. The number of benzene rings is 3. The minimum atomic E-state index is -0.167.